The molecule has 0 spiro atoms. The van der Waals surface area contributed by atoms with E-state index >= 15 is 0 Å². The number of nitrogens with zero attached hydrogens (tertiary/aromatic N) is 4. The van der Waals surface area contributed by atoms with Crippen molar-refractivity contribution in [1.29, 1.82) is 5.26 Å². The number of aromatic nitrogens is 2. The molecule has 1 aliphatic heterocycles. The third-order valence-electron chi connectivity index (χ3n) is 5.56. The van der Waals surface area contributed by atoms with Crippen LogP contribution in [0.2, 0.25) is 0 Å². The number of nitrogens with one attached hydrogen (secondary N) is 1. The molecule has 3 aromatic rings. The molecule has 0 fully saturated rings. The summed E-state index contributed by atoms with van der Waals surface area (Å²) in [6, 6.07) is 12.0. The maximum atomic E-state index is 13.8. The SMILES string of the molecule is CC(C)CN1C(=O)c2ccccc2C(C(=O)Nc2ccc(F)c(C#N)c2)C1c1cncnc1. The largest absolute Gasteiger partial charge is 0.330 e. The summed E-state index contributed by atoms with van der Waals surface area (Å²) in [6.45, 7) is 4.44. The van der Waals surface area contributed by atoms with Crippen LogP contribution in [0.5, 0.6) is 0 Å². The lowest BCUT2D eigenvalue weighted by atomic mass is 9.79. The van der Waals surface area contributed by atoms with Crippen molar-refractivity contribution in [3.05, 3.63) is 89.3 Å². The van der Waals surface area contributed by atoms with Gasteiger partial charge >= 0.3 is 0 Å². The summed E-state index contributed by atoms with van der Waals surface area (Å²) in [5.74, 6) is -1.81. The van der Waals surface area contributed by atoms with Gasteiger partial charge in [0.05, 0.1) is 17.5 Å². The van der Waals surface area contributed by atoms with Crippen LogP contribution in [0.15, 0.2) is 61.2 Å². The Balaban J connectivity index is 1.83. The van der Waals surface area contributed by atoms with Crippen molar-refractivity contribution in [2.24, 2.45) is 5.92 Å². The van der Waals surface area contributed by atoms with Crippen molar-refractivity contribution in [2.45, 2.75) is 25.8 Å². The zero-order valence-corrected chi connectivity index (χ0v) is 18.2. The molecule has 2 amide bonds. The molecule has 0 saturated carbocycles. The predicted molar refractivity (Wildman–Crippen MR) is 120 cm³/mol. The van der Waals surface area contributed by atoms with Gasteiger partial charge in [0.25, 0.3) is 5.91 Å². The molecular formula is C25H22FN5O2. The minimum Gasteiger partial charge on any atom is -0.330 e. The minimum absolute atomic E-state index is 0.158. The van der Waals surface area contributed by atoms with Gasteiger partial charge < -0.3 is 10.2 Å². The second kappa shape index (κ2) is 9.17. The Labute approximate surface area is 190 Å². The standard InChI is InChI=1S/C25H22FN5O2/c1-15(2)13-31-23(17-11-28-14-29-12-17)22(19-5-3-4-6-20(19)25(31)33)24(32)30-18-7-8-21(26)16(9-18)10-27/h3-9,11-12,14-15,22-23H,13H2,1-2H3,(H,30,32). The maximum absolute atomic E-state index is 13.8. The summed E-state index contributed by atoms with van der Waals surface area (Å²) >= 11 is 0. The second-order valence-electron chi connectivity index (χ2n) is 8.33. The highest BCUT2D eigenvalue weighted by molar-refractivity contribution is 6.04. The number of halogens is 1. The lowest BCUT2D eigenvalue weighted by Gasteiger charge is -2.42. The molecule has 2 heterocycles. The predicted octanol–water partition coefficient (Wildman–Crippen LogP) is 4.06. The van der Waals surface area contributed by atoms with Crippen LogP contribution in [-0.4, -0.2) is 33.2 Å². The summed E-state index contributed by atoms with van der Waals surface area (Å²) < 4.78 is 13.8. The average Bonchev–Trinajstić information content (AvgIpc) is 2.82. The molecule has 0 bridgehead atoms. The molecule has 8 heteroatoms. The van der Waals surface area contributed by atoms with Gasteiger partial charge in [0.1, 0.15) is 18.2 Å². The Bertz CT molecular complexity index is 1240. The van der Waals surface area contributed by atoms with Crippen molar-refractivity contribution >= 4 is 17.5 Å². The normalized spacial score (nSPS) is 17.4. The van der Waals surface area contributed by atoms with E-state index in [1.807, 2.05) is 13.8 Å². The summed E-state index contributed by atoms with van der Waals surface area (Å²) in [7, 11) is 0. The number of carbonyl (C=O) groups excluding carboxylic acids is 2. The van der Waals surface area contributed by atoms with Crippen molar-refractivity contribution in [3.8, 4) is 6.07 Å². The molecule has 2 atom stereocenters. The molecule has 2 unspecified atom stereocenters. The van der Waals surface area contributed by atoms with Crippen LogP contribution < -0.4 is 5.32 Å². The van der Waals surface area contributed by atoms with E-state index in [1.165, 1.54) is 18.5 Å². The van der Waals surface area contributed by atoms with E-state index < -0.39 is 17.8 Å². The third kappa shape index (κ3) is 4.30. The van der Waals surface area contributed by atoms with Gasteiger partial charge in [-0.3, -0.25) is 9.59 Å². The van der Waals surface area contributed by atoms with Gasteiger partial charge in [-0.25, -0.2) is 14.4 Å². The number of nitriles is 1. The number of hydrogen-bond donors (Lipinski definition) is 1. The van der Waals surface area contributed by atoms with Crippen molar-refractivity contribution in [1.82, 2.24) is 14.9 Å². The van der Waals surface area contributed by atoms with Crippen LogP contribution >= 0.6 is 0 Å². The molecule has 0 aliphatic carbocycles. The minimum atomic E-state index is -0.765. The van der Waals surface area contributed by atoms with E-state index in [9.17, 15) is 14.0 Å². The average molecular weight is 443 g/mol. The maximum Gasteiger partial charge on any atom is 0.254 e. The first-order valence-electron chi connectivity index (χ1n) is 10.6. The number of rotatable bonds is 5. The highest BCUT2D eigenvalue weighted by atomic mass is 19.1. The molecular weight excluding hydrogens is 421 g/mol. The van der Waals surface area contributed by atoms with Gasteiger partial charge in [-0.1, -0.05) is 32.0 Å². The van der Waals surface area contributed by atoms with Crippen LogP contribution in [-0.2, 0) is 4.79 Å². The molecule has 2 aromatic carbocycles. The summed E-state index contributed by atoms with van der Waals surface area (Å²) in [5, 5.41) is 11.9. The second-order valence-corrected chi connectivity index (χ2v) is 8.33. The molecule has 1 N–H and O–H groups in total. The number of carbonyl (C=O) groups is 2. The first-order chi connectivity index (χ1) is 15.9. The van der Waals surface area contributed by atoms with Gasteiger partial charge in [-0.2, -0.15) is 5.26 Å². The zero-order chi connectivity index (χ0) is 23.5. The van der Waals surface area contributed by atoms with Crippen molar-refractivity contribution in [3.63, 3.8) is 0 Å². The molecule has 1 aromatic heterocycles. The quantitative estimate of drug-likeness (QED) is 0.641. The third-order valence-corrected chi connectivity index (χ3v) is 5.56. The summed E-state index contributed by atoms with van der Waals surface area (Å²) in [4.78, 5) is 37.0. The number of benzene rings is 2. The van der Waals surface area contributed by atoms with Crippen LogP contribution in [0, 0.1) is 23.1 Å². The lowest BCUT2D eigenvalue weighted by Crippen LogP contribution is -2.47. The fraction of sp³-hybridized carbons (Fsp3) is 0.240. The Morgan fingerprint density at radius 1 is 1.21 bits per heavy atom. The first kappa shape index (κ1) is 22.1. The summed E-state index contributed by atoms with van der Waals surface area (Å²) in [6.07, 6.45) is 4.61. The molecule has 0 radical (unpaired) electrons. The van der Waals surface area contributed by atoms with Gasteiger partial charge in [0.15, 0.2) is 0 Å². The Kier molecular flexibility index (Phi) is 6.13. The van der Waals surface area contributed by atoms with Gasteiger partial charge in [-0.05, 0) is 35.7 Å². The smallest absolute Gasteiger partial charge is 0.254 e. The topological polar surface area (TPSA) is 99.0 Å². The molecule has 0 saturated heterocycles. The zero-order valence-electron chi connectivity index (χ0n) is 18.2. The molecule has 1 aliphatic rings. The monoisotopic (exact) mass is 443 g/mol. The highest BCUT2D eigenvalue weighted by Crippen LogP contribution is 2.43. The molecule has 166 valence electrons. The number of fused-ring (bicyclic) bond motifs is 1. The fourth-order valence-corrected chi connectivity index (χ4v) is 4.21. The molecule has 7 nitrogen and oxygen atoms in total. The number of hydrogen-bond acceptors (Lipinski definition) is 5. The Morgan fingerprint density at radius 2 is 1.94 bits per heavy atom. The molecule has 4 rings (SSSR count). The highest BCUT2D eigenvalue weighted by Gasteiger charge is 2.44. The fourth-order valence-electron chi connectivity index (χ4n) is 4.21. The van der Waals surface area contributed by atoms with E-state index in [2.05, 4.69) is 15.3 Å². The van der Waals surface area contributed by atoms with Crippen LogP contribution in [0.4, 0.5) is 10.1 Å². The van der Waals surface area contributed by atoms with E-state index in [4.69, 9.17) is 5.26 Å². The molecule has 33 heavy (non-hydrogen) atoms. The van der Waals surface area contributed by atoms with Crippen LogP contribution in [0.3, 0.4) is 0 Å². The Hall–Kier alpha value is -4.12. The van der Waals surface area contributed by atoms with Crippen LogP contribution in [0.1, 0.15) is 52.9 Å². The van der Waals surface area contributed by atoms with Gasteiger partial charge in [0, 0.05) is 35.8 Å². The van der Waals surface area contributed by atoms with Crippen molar-refractivity contribution in [2.75, 3.05) is 11.9 Å². The first-order valence-corrected chi connectivity index (χ1v) is 10.6. The number of amides is 2. The van der Waals surface area contributed by atoms with Crippen LogP contribution in [0.25, 0.3) is 0 Å². The van der Waals surface area contributed by atoms with Gasteiger partial charge in [0.2, 0.25) is 5.91 Å². The van der Waals surface area contributed by atoms with E-state index in [-0.39, 0.29) is 23.3 Å². The van der Waals surface area contributed by atoms with E-state index in [0.717, 1.165) is 6.07 Å². The van der Waals surface area contributed by atoms with E-state index in [0.29, 0.717) is 28.9 Å². The van der Waals surface area contributed by atoms with Gasteiger partial charge in [-0.15, -0.1) is 0 Å². The Morgan fingerprint density at radius 3 is 2.64 bits per heavy atom. The van der Waals surface area contributed by atoms with Crippen molar-refractivity contribution < 1.29 is 14.0 Å². The van der Waals surface area contributed by atoms with E-state index in [1.54, 1.807) is 47.6 Å². The number of anilines is 1. The lowest BCUT2D eigenvalue weighted by molar-refractivity contribution is -0.119. The summed E-state index contributed by atoms with van der Waals surface area (Å²) in [5.41, 5.74) is 1.82.